The largest absolute Gasteiger partial charge is 0.384 e. The zero-order valence-electron chi connectivity index (χ0n) is 12.4. The van der Waals surface area contributed by atoms with Gasteiger partial charge in [-0.2, -0.15) is 0 Å². The van der Waals surface area contributed by atoms with Crippen LogP contribution in [-0.4, -0.2) is 84.0 Å². The fourth-order valence-electron chi connectivity index (χ4n) is 2.17. The van der Waals surface area contributed by atoms with Gasteiger partial charge in [-0.3, -0.25) is 9.59 Å². The Bertz CT molecular complexity index is 507. The summed E-state index contributed by atoms with van der Waals surface area (Å²) in [5.74, 6) is -0.464. The molecule has 1 unspecified atom stereocenters. The van der Waals surface area contributed by atoms with Gasteiger partial charge in [0.1, 0.15) is 12.2 Å². The third-order valence-corrected chi connectivity index (χ3v) is 3.24. The molecule has 1 fully saturated rings. The molecule has 1 atom stereocenters. The van der Waals surface area contributed by atoms with Crippen LogP contribution in [0.15, 0.2) is 12.4 Å². The van der Waals surface area contributed by atoms with Gasteiger partial charge in [-0.25, -0.2) is 4.98 Å². The van der Waals surface area contributed by atoms with Crippen LogP contribution < -0.4 is 5.32 Å². The van der Waals surface area contributed by atoms with Crippen molar-refractivity contribution in [2.45, 2.75) is 5.60 Å². The fraction of sp³-hybridized carbons (Fsp3) is 0.615. The van der Waals surface area contributed by atoms with Crippen LogP contribution in [-0.2, 0) is 14.3 Å². The molecule has 1 saturated heterocycles. The van der Waals surface area contributed by atoms with Crippen LogP contribution >= 0.6 is 0 Å². The SMILES string of the molecule is COCC(=O)NCC1(O)COCCN(C(=O)c2ncc[nH]2)C1. The van der Waals surface area contributed by atoms with Crippen LogP contribution in [0.4, 0.5) is 0 Å². The second-order valence-corrected chi connectivity index (χ2v) is 5.15. The van der Waals surface area contributed by atoms with E-state index in [4.69, 9.17) is 9.47 Å². The Morgan fingerprint density at radius 1 is 1.64 bits per heavy atom. The third-order valence-electron chi connectivity index (χ3n) is 3.24. The Labute approximate surface area is 127 Å². The Kier molecular flexibility index (Phi) is 5.47. The predicted molar refractivity (Wildman–Crippen MR) is 75.1 cm³/mol. The number of ether oxygens (including phenoxy) is 2. The molecule has 22 heavy (non-hydrogen) atoms. The maximum absolute atomic E-state index is 12.3. The number of β-amino-alcohol motifs (C(OH)–C–C–N with tert-alkyl or cyclic N) is 1. The second-order valence-electron chi connectivity index (χ2n) is 5.15. The van der Waals surface area contributed by atoms with Gasteiger partial charge in [0.05, 0.1) is 26.3 Å². The van der Waals surface area contributed by atoms with Crippen molar-refractivity contribution in [3.63, 3.8) is 0 Å². The molecule has 9 nitrogen and oxygen atoms in total. The predicted octanol–water partition coefficient (Wildman–Crippen LogP) is -1.62. The van der Waals surface area contributed by atoms with E-state index in [-0.39, 0.29) is 43.9 Å². The summed E-state index contributed by atoms with van der Waals surface area (Å²) in [6.45, 7) is 0.597. The molecule has 9 heteroatoms. The number of methoxy groups -OCH3 is 1. The maximum atomic E-state index is 12.3. The highest BCUT2D eigenvalue weighted by Gasteiger charge is 2.35. The molecule has 2 rings (SSSR count). The summed E-state index contributed by atoms with van der Waals surface area (Å²) in [7, 11) is 1.41. The lowest BCUT2D eigenvalue weighted by atomic mass is 10.0. The number of rotatable bonds is 5. The number of nitrogens with one attached hydrogen (secondary N) is 2. The van der Waals surface area contributed by atoms with E-state index in [0.29, 0.717) is 13.2 Å². The standard InChI is InChI=1S/C13H20N4O5/c1-21-6-10(18)16-7-13(20)8-17(4-5-22-9-13)12(19)11-14-2-3-15-11/h2-3,20H,4-9H2,1H3,(H,14,15)(H,16,18). The first-order valence-corrected chi connectivity index (χ1v) is 6.88. The summed E-state index contributed by atoms with van der Waals surface area (Å²) >= 11 is 0. The minimum absolute atomic E-state index is 0.0300. The second kappa shape index (κ2) is 7.34. The number of hydrogen-bond donors (Lipinski definition) is 3. The molecular formula is C13H20N4O5. The van der Waals surface area contributed by atoms with Crippen LogP contribution in [0.5, 0.6) is 0 Å². The summed E-state index contributed by atoms with van der Waals surface area (Å²) in [5, 5.41) is 13.1. The van der Waals surface area contributed by atoms with Crippen LogP contribution in [0.1, 0.15) is 10.6 Å². The lowest BCUT2D eigenvalue weighted by Gasteiger charge is -2.30. The van der Waals surface area contributed by atoms with E-state index in [0.717, 1.165) is 0 Å². The van der Waals surface area contributed by atoms with Gasteiger partial charge in [-0.15, -0.1) is 0 Å². The summed E-state index contributed by atoms with van der Waals surface area (Å²) in [4.78, 5) is 31.8. The van der Waals surface area contributed by atoms with Crippen molar-refractivity contribution in [3.05, 3.63) is 18.2 Å². The Balaban J connectivity index is 1.99. The Hall–Kier alpha value is -1.97. The molecule has 3 N–H and O–H groups in total. The van der Waals surface area contributed by atoms with E-state index in [2.05, 4.69) is 15.3 Å². The van der Waals surface area contributed by atoms with Gasteiger partial charge in [-0.05, 0) is 0 Å². The highest BCUT2D eigenvalue weighted by atomic mass is 16.5. The zero-order valence-corrected chi connectivity index (χ0v) is 12.4. The van der Waals surface area contributed by atoms with Crippen LogP contribution in [0.3, 0.4) is 0 Å². The summed E-state index contributed by atoms with van der Waals surface area (Å²) < 4.78 is 10.1. The monoisotopic (exact) mass is 312 g/mol. The first-order chi connectivity index (χ1) is 10.5. The van der Waals surface area contributed by atoms with E-state index >= 15 is 0 Å². The number of carbonyl (C=O) groups is 2. The van der Waals surface area contributed by atoms with Crippen molar-refractivity contribution in [2.75, 3.05) is 46.6 Å². The lowest BCUT2D eigenvalue weighted by Crippen LogP contribution is -2.53. The van der Waals surface area contributed by atoms with E-state index in [1.165, 1.54) is 18.2 Å². The summed E-state index contributed by atoms with van der Waals surface area (Å²) in [6, 6.07) is 0. The molecule has 0 bridgehead atoms. The molecule has 2 amide bonds. The van der Waals surface area contributed by atoms with Crippen LogP contribution in [0, 0.1) is 0 Å². The average Bonchev–Trinajstić information content (AvgIpc) is 2.95. The minimum Gasteiger partial charge on any atom is -0.384 e. The quantitative estimate of drug-likeness (QED) is 0.601. The number of imidazole rings is 1. The average molecular weight is 312 g/mol. The lowest BCUT2D eigenvalue weighted by molar-refractivity contribution is -0.126. The van der Waals surface area contributed by atoms with Gasteiger partial charge in [0.2, 0.25) is 5.91 Å². The van der Waals surface area contributed by atoms with Gasteiger partial charge in [0, 0.05) is 26.0 Å². The van der Waals surface area contributed by atoms with E-state index in [1.807, 2.05) is 0 Å². The van der Waals surface area contributed by atoms with E-state index in [9.17, 15) is 14.7 Å². The minimum atomic E-state index is -1.36. The van der Waals surface area contributed by atoms with Crippen molar-refractivity contribution in [2.24, 2.45) is 0 Å². The van der Waals surface area contributed by atoms with Crippen molar-refractivity contribution in [1.82, 2.24) is 20.2 Å². The van der Waals surface area contributed by atoms with Gasteiger partial charge in [-0.1, -0.05) is 0 Å². The first-order valence-electron chi connectivity index (χ1n) is 6.88. The first kappa shape index (κ1) is 16.4. The normalized spacial score (nSPS) is 22.2. The fourth-order valence-corrected chi connectivity index (χ4v) is 2.17. The number of H-pyrrole nitrogens is 1. The molecule has 0 saturated carbocycles. The van der Waals surface area contributed by atoms with Gasteiger partial charge < -0.3 is 29.8 Å². The number of amides is 2. The number of aromatic nitrogens is 2. The van der Waals surface area contributed by atoms with Crippen LogP contribution in [0.2, 0.25) is 0 Å². The summed E-state index contributed by atoms with van der Waals surface area (Å²) in [6.07, 6.45) is 3.04. The molecule has 0 aromatic carbocycles. The van der Waals surface area contributed by atoms with Crippen molar-refractivity contribution in [3.8, 4) is 0 Å². The van der Waals surface area contributed by atoms with E-state index < -0.39 is 5.60 Å². The Morgan fingerprint density at radius 3 is 3.14 bits per heavy atom. The number of aliphatic hydroxyl groups is 1. The highest BCUT2D eigenvalue weighted by Crippen LogP contribution is 2.13. The molecular weight excluding hydrogens is 292 g/mol. The highest BCUT2D eigenvalue weighted by molar-refractivity contribution is 5.90. The number of carbonyl (C=O) groups excluding carboxylic acids is 2. The van der Waals surface area contributed by atoms with Crippen molar-refractivity contribution >= 4 is 11.8 Å². The number of aromatic amines is 1. The Morgan fingerprint density at radius 2 is 2.45 bits per heavy atom. The molecule has 1 aromatic heterocycles. The molecule has 0 aliphatic carbocycles. The van der Waals surface area contributed by atoms with Crippen molar-refractivity contribution < 1.29 is 24.2 Å². The molecule has 0 radical (unpaired) electrons. The molecule has 1 aliphatic rings. The van der Waals surface area contributed by atoms with Crippen molar-refractivity contribution in [1.29, 1.82) is 0 Å². The van der Waals surface area contributed by atoms with E-state index in [1.54, 1.807) is 6.20 Å². The molecule has 1 aliphatic heterocycles. The van der Waals surface area contributed by atoms with Gasteiger partial charge >= 0.3 is 0 Å². The molecule has 1 aromatic rings. The van der Waals surface area contributed by atoms with Gasteiger partial charge in [0.15, 0.2) is 5.82 Å². The molecule has 2 heterocycles. The smallest absolute Gasteiger partial charge is 0.289 e. The van der Waals surface area contributed by atoms with Gasteiger partial charge in [0.25, 0.3) is 5.91 Å². The maximum Gasteiger partial charge on any atom is 0.289 e. The zero-order chi connectivity index (χ0) is 16.0. The molecule has 122 valence electrons. The third kappa shape index (κ3) is 4.26. The number of hydrogen-bond acceptors (Lipinski definition) is 6. The summed E-state index contributed by atoms with van der Waals surface area (Å²) in [5.41, 5.74) is -1.36. The van der Waals surface area contributed by atoms with Crippen LogP contribution in [0.25, 0.3) is 0 Å². The topological polar surface area (TPSA) is 117 Å². The molecule has 0 spiro atoms. The number of nitrogens with zero attached hydrogens (tertiary/aromatic N) is 2.